The molecule has 0 saturated heterocycles. The van der Waals surface area contributed by atoms with Crippen molar-refractivity contribution in [1.82, 2.24) is 4.57 Å². The molecule has 2 unspecified atom stereocenters. The lowest BCUT2D eigenvalue weighted by atomic mass is 9.71. The normalized spacial score (nSPS) is 19.4. The zero-order chi connectivity index (χ0) is 25.9. The molecule has 0 spiro atoms. The molecule has 188 valence electrons. The van der Waals surface area contributed by atoms with E-state index in [2.05, 4.69) is 45.6 Å². The third kappa shape index (κ3) is 5.12. The number of carbonyl (C=O) groups is 2. The van der Waals surface area contributed by atoms with E-state index in [-0.39, 0.29) is 17.9 Å². The Bertz CT molecular complexity index is 1340. The molecule has 2 atom stereocenters. The van der Waals surface area contributed by atoms with E-state index in [1.165, 1.54) is 6.92 Å². The van der Waals surface area contributed by atoms with Crippen LogP contribution in [0.2, 0.25) is 0 Å². The fourth-order valence-electron chi connectivity index (χ4n) is 4.77. The summed E-state index contributed by atoms with van der Waals surface area (Å²) in [6.45, 7) is 6.20. The van der Waals surface area contributed by atoms with Gasteiger partial charge < -0.3 is 18.8 Å². The lowest BCUT2D eigenvalue weighted by Crippen LogP contribution is -2.35. The Labute approximate surface area is 219 Å². The predicted octanol–water partition coefficient (Wildman–Crippen LogP) is 6.43. The second-order valence-electron chi connectivity index (χ2n) is 9.12. The van der Waals surface area contributed by atoms with Crippen molar-refractivity contribution in [1.29, 1.82) is 0 Å². The molecule has 1 aromatic heterocycles. The fourth-order valence-corrected chi connectivity index (χ4v) is 5.40. The Morgan fingerprint density at radius 3 is 2.50 bits per heavy atom. The Morgan fingerprint density at radius 1 is 1.11 bits per heavy atom. The molecule has 1 heterocycles. The van der Waals surface area contributed by atoms with Crippen molar-refractivity contribution in [2.24, 2.45) is 11.3 Å². The number of ether oxygens (including phenoxy) is 3. The van der Waals surface area contributed by atoms with Crippen LogP contribution in [-0.4, -0.2) is 30.2 Å². The summed E-state index contributed by atoms with van der Waals surface area (Å²) in [6.07, 6.45) is 6.59. The lowest BCUT2D eigenvalue weighted by Gasteiger charge is -2.40. The van der Waals surface area contributed by atoms with Crippen molar-refractivity contribution in [3.63, 3.8) is 0 Å². The first-order chi connectivity index (χ1) is 17.3. The average molecular weight is 552 g/mol. The first-order valence-electron chi connectivity index (χ1n) is 11.9. The summed E-state index contributed by atoms with van der Waals surface area (Å²) in [5.74, 6) is 0.666. The van der Waals surface area contributed by atoms with E-state index < -0.39 is 5.41 Å². The molecule has 0 amide bonds. The Balaban J connectivity index is 1.77. The van der Waals surface area contributed by atoms with Crippen molar-refractivity contribution in [3.8, 4) is 5.75 Å². The number of benzene rings is 2. The maximum absolute atomic E-state index is 12.7. The summed E-state index contributed by atoms with van der Waals surface area (Å²) < 4.78 is 19.1. The van der Waals surface area contributed by atoms with Crippen LogP contribution >= 0.6 is 15.9 Å². The van der Waals surface area contributed by atoms with E-state index in [1.807, 2.05) is 48.7 Å². The molecule has 0 fully saturated rings. The van der Waals surface area contributed by atoms with Gasteiger partial charge in [0.15, 0.2) is 0 Å². The summed E-state index contributed by atoms with van der Waals surface area (Å²) in [5, 5.41) is 0.845. The van der Waals surface area contributed by atoms with Crippen LogP contribution in [0.15, 0.2) is 77.1 Å². The van der Waals surface area contributed by atoms with Gasteiger partial charge in [0.25, 0.3) is 0 Å². The smallest absolute Gasteiger partial charge is 0.340 e. The molecular weight excluding hydrogens is 522 g/mol. The monoisotopic (exact) mass is 551 g/mol. The van der Waals surface area contributed by atoms with Crippen LogP contribution in [-0.2, 0) is 27.2 Å². The molecule has 36 heavy (non-hydrogen) atoms. The van der Waals surface area contributed by atoms with Gasteiger partial charge in [-0.15, -0.1) is 0 Å². The average Bonchev–Trinajstić information content (AvgIpc) is 3.23. The fraction of sp³-hybridized carbons (Fsp3) is 0.310. The van der Waals surface area contributed by atoms with Crippen molar-refractivity contribution in [3.05, 3.63) is 88.2 Å². The SMILES string of the molecule is CCOC(=O)c1cn(CC2(C)C(Br)=C(OC(C)=O)C=CC2Cc2ccc(OC)cc2)c2ccccc12. The summed E-state index contributed by atoms with van der Waals surface area (Å²) in [5.41, 5.74) is 2.16. The number of allylic oxidation sites excluding steroid dienone is 3. The molecule has 6 nitrogen and oxygen atoms in total. The van der Waals surface area contributed by atoms with E-state index >= 15 is 0 Å². The highest BCUT2D eigenvalue weighted by molar-refractivity contribution is 9.11. The largest absolute Gasteiger partial charge is 0.497 e. The topological polar surface area (TPSA) is 66.8 Å². The molecular formula is C29H30BrNO5. The highest BCUT2D eigenvalue weighted by Gasteiger charge is 2.41. The molecule has 2 aromatic carbocycles. The minimum atomic E-state index is -0.479. The molecule has 0 aliphatic heterocycles. The number of esters is 2. The first-order valence-corrected chi connectivity index (χ1v) is 12.7. The van der Waals surface area contributed by atoms with Gasteiger partial charge in [-0.05, 0) is 49.1 Å². The zero-order valence-electron chi connectivity index (χ0n) is 20.9. The number of halogens is 1. The molecule has 0 bridgehead atoms. The summed E-state index contributed by atoms with van der Waals surface area (Å²) in [4.78, 5) is 24.5. The molecule has 0 radical (unpaired) electrons. The molecule has 1 aliphatic rings. The van der Waals surface area contributed by atoms with Gasteiger partial charge in [-0.3, -0.25) is 4.79 Å². The number of hydrogen-bond acceptors (Lipinski definition) is 5. The van der Waals surface area contributed by atoms with E-state index in [1.54, 1.807) is 14.0 Å². The number of fused-ring (bicyclic) bond motifs is 1. The van der Waals surface area contributed by atoms with Gasteiger partial charge >= 0.3 is 11.9 Å². The number of methoxy groups -OCH3 is 1. The number of para-hydroxylation sites is 1. The standard InChI is InChI=1S/C29H30BrNO5/c1-5-35-28(33)24-17-31(25-9-7-6-8-23(24)25)18-29(3)21(12-15-26(27(29)30)36-19(2)32)16-20-10-13-22(34-4)14-11-20/h6-15,17,21H,5,16,18H2,1-4H3. The summed E-state index contributed by atoms with van der Waals surface area (Å²) in [7, 11) is 1.65. The number of aromatic nitrogens is 1. The van der Waals surface area contributed by atoms with Crippen LogP contribution in [0.25, 0.3) is 10.9 Å². The minimum Gasteiger partial charge on any atom is -0.497 e. The molecule has 0 N–H and O–H groups in total. The predicted molar refractivity (Wildman–Crippen MR) is 143 cm³/mol. The highest BCUT2D eigenvalue weighted by atomic mass is 79.9. The number of carbonyl (C=O) groups excluding carboxylic acids is 2. The molecule has 4 rings (SSSR count). The van der Waals surface area contributed by atoms with Gasteiger partial charge in [-0.25, -0.2) is 4.79 Å². The van der Waals surface area contributed by atoms with E-state index in [0.717, 1.165) is 33.1 Å². The van der Waals surface area contributed by atoms with Crippen molar-refractivity contribution in [2.45, 2.75) is 33.7 Å². The van der Waals surface area contributed by atoms with Gasteiger partial charge in [0.2, 0.25) is 0 Å². The second kappa shape index (κ2) is 10.7. The summed E-state index contributed by atoms with van der Waals surface area (Å²) >= 11 is 3.79. The Morgan fingerprint density at radius 2 is 1.83 bits per heavy atom. The van der Waals surface area contributed by atoms with Gasteiger partial charge in [-0.2, -0.15) is 0 Å². The van der Waals surface area contributed by atoms with Gasteiger partial charge in [-0.1, -0.05) is 59.3 Å². The van der Waals surface area contributed by atoms with Crippen LogP contribution in [0.1, 0.15) is 36.7 Å². The maximum Gasteiger partial charge on any atom is 0.340 e. The van der Waals surface area contributed by atoms with E-state index in [9.17, 15) is 9.59 Å². The molecule has 7 heteroatoms. The van der Waals surface area contributed by atoms with Gasteiger partial charge in [0.1, 0.15) is 11.5 Å². The van der Waals surface area contributed by atoms with Crippen molar-refractivity contribution in [2.75, 3.05) is 13.7 Å². The van der Waals surface area contributed by atoms with Crippen LogP contribution < -0.4 is 4.74 Å². The lowest BCUT2D eigenvalue weighted by molar-refractivity contribution is -0.136. The van der Waals surface area contributed by atoms with Gasteiger partial charge in [0.05, 0.1) is 19.3 Å². The van der Waals surface area contributed by atoms with E-state index in [4.69, 9.17) is 14.2 Å². The zero-order valence-corrected chi connectivity index (χ0v) is 22.5. The molecule has 1 aliphatic carbocycles. The highest BCUT2D eigenvalue weighted by Crippen LogP contribution is 2.48. The second-order valence-corrected chi connectivity index (χ2v) is 9.91. The Hall–Kier alpha value is -3.32. The van der Waals surface area contributed by atoms with E-state index in [0.29, 0.717) is 24.5 Å². The summed E-state index contributed by atoms with van der Waals surface area (Å²) in [6, 6.07) is 15.9. The maximum atomic E-state index is 12.7. The van der Waals surface area contributed by atoms with Crippen LogP contribution in [0.4, 0.5) is 0 Å². The van der Waals surface area contributed by atoms with Crippen molar-refractivity contribution >= 4 is 38.8 Å². The van der Waals surface area contributed by atoms with Crippen LogP contribution in [0.3, 0.4) is 0 Å². The first kappa shape index (κ1) is 25.8. The quantitative estimate of drug-likeness (QED) is 0.302. The minimum absolute atomic E-state index is 0.0757. The third-order valence-electron chi connectivity index (χ3n) is 6.67. The third-order valence-corrected chi connectivity index (χ3v) is 7.96. The van der Waals surface area contributed by atoms with Crippen molar-refractivity contribution < 1.29 is 23.8 Å². The van der Waals surface area contributed by atoms with Crippen LogP contribution in [0, 0.1) is 11.3 Å². The van der Waals surface area contributed by atoms with Crippen LogP contribution in [0.5, 0.6) is 5.75 Å². The number of nitrogens with zero attached hydrogens (tertiary/aromatic N) is 1. The van der Waals surface area contributed by atoms with Gasteiger partial charge in [0, 0.05) is 40.5 Å². The number of hydrogen-bond donors (Lipinski definition) is 0. The molecule has 0 saturated carbocycles. The Kier molecular flexibility index (Phi) is 7.69. The number of rotatable bonds is 8. The molecule has 3 aromatic rings.